The van der Waals surface area contributed by atoms with Crippen LogP contribution in [0, 0.1) is 0 Å². The number of nitrogens with two attached hydrogens (primary N) is 1. The Morgan fingerprint density at radius 1 is 1.30 bits per heavy atom. The van der Waals surface area contributed by atoms with Gasteiger partial charge in [-0.15, -0.1) is 0 Å². The lowest BCUT2D eigenvalue weighted by molar-refractivity contribution is 0.0382. The molecule has 1 aromatic heterocycles. The maximum absolute atomic E-state index is 6.25. The molecule has 1 atom stereocenters. The van der Waals surface area contributed by atoms with E-state index in [1.165, 1.54) is 0 Å². The number of hydrogen-bond acceptors (Lipinski definition) is 6. The molecule has 7 heteroatoms. The zero-order valence-electron chi connectivity index (χ0n) is 13.4. The maximum Gasteiger partial charge on any atom is 0.171 e. The van der Waals surface area contributed by atoms with E-state index >= 15 is 0 Å². The number of rotatable bonds is 6. The summed E-state index contributed by atoms with van der Waals surface area (Å²) in [7, 11) is 1.64. The van der Waals surface area contributed by atoms with Gasteiger partial charge >= 0.3 is 0 Å². The van der Waals surface area contributed by atoms with Crippen LogP contribution in [0.5, 0.6) is 5.75 Å². The van der Waals surface area contributed by atoms with Crippen LogP contribution in [0.25, 0.3) is 0 Å². The number of benzene rings is 1. The van der Waals surface area contributed by atoms with Crippen LogP contribution < -0.4 is 10.5 Å². The third-order valence-corrected chi connectivity index (χ3v) is 4.07. The van der Waals surface area contributed by atoms with Crippen molar-refractivity contribution in [1.82, 2.24) is 20.1 Å². The lowest BCUT2D eigenvalue weighted by Crippen LogP contribution is -2.37. The van der Waals surface area contributed by atoms with Crippen molar-refractivity contribution in [2.45, 2.75) is 12.5 Å². The summed E-state index contributed by atoms with van der Waals surface area (Å²) in [6.07, 6.45) is 0.836. The first-order valence-electron chi connectivity index (χ1n) is 7.87. The van der Waals surface area contributed by atoms with Gasteiger partial charge in [0.1, 0.15) is 11.6 Å². The van der Waals surface area contributed by atoms with Crippen LogP contribution in [0.3, 0.4) is 0 Å². The molecule has 7 nitrogen and oxygen atoms in total. The molecular formula is C16H23N5O2. The van der Waals surface area contributed by atoms with Crippen LogP contribution in [-0.4, -0.2) is 60.0 Å². The lowest BCUT2D eigenvalue weighted by atomic mass is 10.1. The van der Waals surface area contributed by atoms with E-state index in [1.807, 2.05) is 24.3 Å². The van der Waals surface area contributed by atoms with Crippen molar-refractivity contribution in [2.24, 2.45) is 5.73 Å². The molecule has 0 saturated carbocycles. The summed E-state index contributed by atoms with van der Waals surface area (Å²) in [4.78, 5) is 6.90. The van der Waals surface area contributed by atoms with E-state index in [1.54, 1.807) is 7.11 Å². The predicted molar refractivity (Wildman–Crippen MR) is 86.4 cm³/mol. The minimum absolute atomic E-state index is 0.339. The molecule has 0 spiro atoms. The molecule has 0 amide bonds. The number of nitrogens with one attached hydrogen (secondary N) is 1. The second kappa shape index (κ2) is 7.54. The summed E-state index contributed by atoms with van der Waals surface area (Å²) in [6, 6.07) is 7.32. The van der Waals surface area contributed by atoms with Crippen LogP contribution >= 0.6 is 0 Å². The van der Waals surface area contributed by atoms with Gasteiger partial charge in [-0.2, -0.15) is 5.10 Å². The number of morpholine rings is 1. The molecular weight excluding hydrogens is 294 g/mol. The molecule has 0 radical (unpaired) electrons. The molecule has 2 heterocycles. The molecule has 1 saturated heterocycles. The van der Waals surface area contributed by atoms with Crippen molar-refractivity contribution in [3.05, 3.63) is 41.5 Å². The van der Waals surface area contributed by atoms with E-state index in [0.717, 1.165) is 56.4 Å². The Morgan fingerprint density at radius 2 is 2.04 bits per heavy atom. The molecule has 0 bridgehead atoms. The van der Waals surface area contributed by atoms with Gasteiger partial charge in [-0.25, -0.2) is 4.98 Å². The third kappa shape index (κ3) is 4.07. The zero-order chi connectivity index (χ0) is 16.1. The molecule has 0 aliphatic carbocycles. The van der Waals surface area contributed by atoms with Crippen molar-refractivity contribution in [2.75, 3.05) is 40.0 Å². The second-order valence-electron chi connectivity index (χ2n) is 5.60. The first-order chi connectivity index (χ1) is 11.3. The van der Waals surface area contributed by atoms with Gasteiger partial charge in [0.25, 0.3) is 0 Å². The summed E-state index contributed by atoms with van der Waals surface area (Å²) in [6.45, 7) is 4.53. The molecule has 1 aromatic carbocycles. The van der Waals surface area contributed by atoms with Crippen molar-refractivity contribution < 1.29 is 9.47 Å². The predicted octanol–water partition coefficient (Wildman–Crippen LogP) is 0.736. The lowest BCUT2D eigenvalue weighted by Gasteiger charge is -2.25. The highest BCUT2D eigenvalue weighted by Gasteiger charge is 2.16. The van der Waals surface area contributed by atoms with E-state index in [4.69, 9.17) is 15.2 Å². The summed E-state index contributed by atoms with van der Waals surface area (Å²) in [5, 5.41) is 7.26. The summed E-state index contributed by atoms with van der Waals surface area (Å²) < 4.78 is 10.5. The number of hydrogen-bond donors (Lipinski definition) is 2. The average molecular weight is 317 g/mol. The average Bonchev–Trinajstić information content (AvgIpc) is 3.09. The fraction of sp³-hybridized carbons (Fsp3) is 0.500. The Hall–Kier alpha value is -1.96. The standard InChI is InChI=1S/C16H23N5O2/c1-22-13-4-2-12(3-5-13)15(17)16-18-14(19-20-16)6-7-21-8-10-23-11-9-21/h2-5,15H,6-11,17H2,1H3,(H,18,19,20)/t15-/m1/s1. The summed E-state index contributed by atoms with van der Waals surface area (Å²) >= 11 is 0. The Balaban J connectivity index is 1.58. The number of aromatic nitrogens is 3. The van der Waals surface area contributed by atoms with Crippen molar-refractivity contribution in [1.29, 1.82) is 0 Å². The zero-order valence-corrected chi connectivity index (χ0v) is 13.4. The maximum atomic E-state index is 6.25. The normalized spacial score (nSPS) is 17.1. The number of nitrogens with zero attached hydrogens (tertiary/aromatic N) is 3. The molecule has 0 unspecified atom stereocenters. The number of methoxy groups -OCH3 is 1. The van der Waals surface area contributed by atoms with Gasteiger partial charge in [-0.3, -0.25) is 10.00 Å². The fourth-order valence-electron chi connectivity index (χ4n) is 2.61. The van der Waals surface area contributed by atoms with E-state index in [9.17, 15) is 0 Å². The molecule has 124 valence electrons. The Labute approximate surface area is 135 Å². The van der Waals surface area contributed by atoms with E-state index in [2.05, 4.69) is 20.1 Å². The van der Waals surface area contributed by atoms with Crippen molar-refractivity contribution in [3.8, 4) is 5.75 Å². The SMILES string of the molecule is COc1ccc([C@@H](N)c2n[nH]c(CCN3CCOCC3)n2)cc1. The number of ether oxygens (including phenoxy) is 2. The van der Waals surface area contributed by atoms with Gasteiger partial charge < -0.3 is 15.2 Å². The topological polar surface area (TPSA) is 89.3 Å². The van der Waals surface area contributed by atoms with Crippen molar-refractivity contribution >= 4 is 0 Å². The summed E-state index contributed by atoms with van der Waals surface area (Å²) in [5.74, 6) is 2.30. The number of H-pyrrole nitrogens is 1. The molecule has 1 aliphatic heterocycles. The van der Waals surface area contributed by atoms with Gasteiger partial charge in [-0.1, -0.05) is 12.1 Å². The Kier molecular flexibility index (Phi) is 5.22. The van der Waals surface area contributed by atoms with Gasteiger partial charge in [0.2, 0.25) is 0 Å². The number of aromatic amines is 1. The van der Waals surface area contributed by atoms with E-state index in [0.29, 0.717) is 5.82 Å². The first kappa shape index (κ1) is 15.9. The minimum Gasteiger partial charge on any atom is -0.497 e. The highest BCUT2D eigenvalue weighted by molar-refractivity contribution is 5.31. The van der Waals surface area contributed by atoms with Gasteiger partial charge in [0.15, 0.2) is 5.82 Å². The molecule has 2 aromatic rings. The largest absolute Gasteiger partial charge is 0.497 e. The second-order valence-corrected chi connectivity index (χ2v) is 5.60. The Bertz CT molecular complexity index is 607. The molecule has 1 fully saturated rings. The van der Waals surface area contributed by atoms with Gasteiger partial charge in [-0.05, 0) is 17.7 Å². The quantitative estimate of drug-likeness (QED) is 0.817. The van der Waals surface area contributed by atoms with Crippen LogP contribution in [0.4, 0.5) is 0 Å². The molecule has 23 heavy (non-hydrogen) atoms. The first-order valence-corrected chi connectivity index (χ1v) is 7.87. The molecule has 1 aliphatic rings. The minimum atomic E-state index is -0.339. The van der Waals surface area contributed by atoms with Crippen LogP contribution in [0.1, 0.15) is 23.3 Å². The molecule has 3 N–H and O–H groups in total. The van der Waals surface area contributed by atoms with Crippen LogP contribution in [0.15, 0.2) is 24.3 Å². The van der Waals surface area contributed by atoms with E-state index < -0.39 is 0 Å². The fourth-order valence-corrected chi connectivity index (χ4v) is 2.61. The Morgan fingerprint density at radius 3 is 2.74 bits per heavy atom. The highest BCUT2D eigenvalue weighted by Crippen LogP contribution is 2.19. The smallest absolute Gasteiger partial charge is 0.171 e. The van der Waals surface area contributed by atoms with Gasteiger partial charge in [0, 0.05) is 26.1 Å². The monoisotopic (exact) mass is 317 g/mol. The third-order valence-electron chi connectivity index (χ3n) is 4.07. The van der Waals surface area contributed by atoms with E-state index in [-0.39, 0.29) is 6.04 Å². The van der Waals surface area contributed by atoms with Crippen LogP contribution in [-0.2, 0) is 11.2 Å². The highest BCUT2D eigenvalue weighted by atomic mass is 16.5. The van der Waals surface area contributed by atoms with Crippen LogP contribution in [0.2, 0.25) is 0 Å². The molecule has 3 rings (SSSR count). The van der Waals surface area contributed by atoms with Gasteiger partial charge in [0.05, 0.1) is 26.4 Å². The van der Waals surface area contributed by atoms with Crippen molar-refractivity contribution in [3.63, 3.8) is 0 Å². The summed E-state index contributed by atoms with van der Waals surface area (Å²) in [5.41, 5.74) is 7.21.